The Morgan fingerprint density at radius 3 is 2.44 bits per heavy atom. The van der Waals surface area contributed by atoms with Gasteiger partial charge >= 0.3 is 0 Å². The van der Waals surface area contributed by atoms with Crippen LogP contribution in [0.25, 0.3) is 0 Å². The molecule has 0 radical (unpaired) electrons. The number of benzene rings is 1. The van der Waals surface area contributed by atoms with Crippen LogP contribution in [-0.2, 0) is 14.4 Å². The van der Waals surface area contributed by atoms with Crippen molar-refractivity contribution in [3.8, 4) is 11.5 Å². The Kier molecular flexibility index (Phi) is 3.71. The molecule has 4 rings (SSSR count). The van der Waals surface area contributed by atoms with Gasteiger partial charge in [-0.15, -0.1) is 0 Å². The summed E-state index contributed by atoms with van der Waals surface area (Å²) >= 11 is 0. The zero-order valence-corrected chi connectivity index (χ0v) is 13.7. The van der Waals surface area contributed by atoms with Crippen LogP contribution in [0.5, 0.6) is 11.5 Å². The van der Waals surface area contributed by atoms with Gasteiger partial charge in [-0.25, -0.2) is 0 Å². The maximum absolute atomic E-state index is 12.6. The normalized spacial score (nSPS) is 25.1. The summed E-state index contributed by atoms with van der Waals surface area (Å²) in [5.41, 5.74) is 0.527. The quantitative estimate of drug-likeness (QED) is 0.667. The zero-order valence-electron chi connectivity index (χ0n) is 13.7. The summed E-state index contributed by atoms with van der Waals surface area (Å²) in [4.78, 5) is 38.8. The number of hydrogen-bond acceptors (Lipinski definition) is 5. The van der Waals surface area contributed by atoms with Gasteiger partial charge < -0.3 is 14.8 Å². The van der Waals surface area contributed by atoms with Crippen LogP contribution >= 0.6 is 0 Å². The number of ether oxygens (including phenoxy) is 2. The molecular formula is C18H18N2O5. The first-order valence-electron chi connectivity index (χ1n) is 8.28. The number of allylic oxidation sites excluding steroid dienone is 2. The molecule has 1 saturated heterocycles. The van der Waals surface area contributed by atoms with Crippen LogP contribution < -0.4 is 14.8 Å². The van der Waals surface area contributed by atoms with Crippen molar-refractivity contribution >= 4 is 23.4 Å². The molecule has 0 aromatic heterocycles. The van der Waals surface area contributed by atoms with Crippen LogP contribution in [0.15, 0.2) is 30.4 Å². The summed E-state index contributed by atoms with van der Waals surface area (Å²) in [5.74, 6) is -0.424. The third kappa shape index (κ3) is 2.56. The fourth-order valence-electron chi connectivity index (χ4n) is 3.55. The van der Waals surface area contributed by atoms with Crippen molar-refractivity contribution in [2.75, 3.05) is 12.1 Å². The fourth-order valence-corrected chi connectivity index (χ4v) is 3.55. The minimum absolute atomic E-state index is 0.150. The van der Waals surface area contributed by atoms with E-state index in [1.807, 2.05) is 12.2 Å². The van der Waals surface area contributed by atoms with Gasteiger partial charge in [0.05, 0.1) is 11.8 Å². The van der Waals surface area contributed by atoms with Gasteiger partial charge in [0, 0.05) is 11.8 Å². The number of fused-ring (bicyclic) bond motifs is 2. The molecular weight excluding hydrogens is 324 g/mol. The lowest BCUT2D eigenvalue weighted by atomic mass is 9.85. The van der Waals surface area contributed by atoms with Crippen molar-refractivity contribution in [2.45, 2.75) is 25.8 Å². The predicted molar refractivity (Wildman–Crippen MR) is 87.9 cm³/mol. The molecule has 0 spiro atoms. The second-order valence-corrected chi connectivity index (χ2v) is 6.44. The number of anilines is 1. The zero-order chi connectivity index (χ0) is 17.6. The molecule has 7 heteroatoms. The van der Waals surface area contributed by atoms with Crippen molar-refractivity contribution in [3.63, 3.8) is 0 Å². The van der Waals surface area contributed by atoms with E-state index >= 15 is 0 Å². The van der Waals surface area contributed by atoms with Gasteiger partial charge in [0.15, 0.2) is 11.5 Å². The number of carbonyl (C=O) groups excluding carboxylic acids is 3. The van der Waals surface area contributed by atoms with Crippen LogP contribution in [0.2, 0.25) is 0 Å². The van der Waals surface area contributed by atoms with E-state index in [0.29, 0.717) is 30.0 Å². The van der Waals surface area contributed by atoms with Crippen LogP contribution in [-0.4, -0.2) is 35.5 Å². The maximum Gasteiger partial charge on any atom is 0.247 e. The van der Waals surface area contributed by atoms with E-state index in [0.717, 1.165) is 4.90 Å². The highest BCUT2D eigenvalue weighted by Gasteiger charge is 2.50. The summed E-state index contributed by atoms with van der Waals surface area (Å²) in [5, 5.41) is 2.73. The molecule has 0 bridgehead atoms. The molecule has 7 nitrogen and oxygen atoms in total. The Morgan fingerprint density at radius 2 is 1.76 bits per heavy atom. The highest BCUT2D eigenvalue weighted by molar-refractivity contribution is 6.10. The summed E-state index contributed by atoms with van der Waals surface area (Å²) in [6.07, 6.45) is 4.96. The molecule has 1 N–H and O–H groups in total. The molecule has 1 aliphatic carbocycles. The molecule has 3 atom stereocenters. The molecule has 0 saturated carbocycles. The first-order chi connectivity index (χ1) is 12.1. The first kappa shape index (κ1) is 15.7. The molecule has 1 aromatic carbocycles. The molecule has 3 amide bonds. The Bertz CT molecular complexity index is 762. The van der Waals surface area contributed by atoms with Gasteiger partial charge in [0.25, 0.3) is 0 Å². The highest BCUT2D eigenvalue weighted by Crippen LogP contribution is 2.37. The average Bonchev–Trinajstić information content (AvgIpc) is 3.18. The second-order valence-electron chi connectivity index (χ2n) is 6.44. The lowest BCUT2D eigenvalue weighted by Gasteiger charge is -2.22. The average molecular weight is 342 g/mol. The Morgan fingerprint density at radius 1 is 1.12 bits per heavy atom. The number of hydrogen-bond donors (Lipinski definition) is 1. The van der Waals surface area contributed by atoms with Gasteiger partial charge in [-0.2, -0.15) is 0 Å². The third-order valence-corrected chi connectivity index (χ3v) is 4.95. The highest BCUT2D eigenvalue weighted by atomic mass is 16.7. The minimum atomic E-state index is -0.865. The van der Waals surface area contributed by atoms with E-state index < -0.39 is 11.9 Å². The van der Waals surface area contributed by atoms with E-state index in [4.69, 9.17) is 9.47 Å². The van der Waals surface area contributed by atoms with Gasteiger partial charge in [-0.1, -0.05) is 12.2 Å². The van der Waals surface area contributed by atoms with E-state index in [2.05, 4.69) is 5.32 Å². The molecule has 3 aliphatic rings. The Labute approximate surface area is 144 Å². The van der Waals surface area contributed by atoms with E-state index in [1.165, 1.54) is 0 Å². The lowest BCUT2D eigenvalue weighted by Crippen LogP contribution is -2.46. The summed E-state index contributed by atoms with van der Waals surface area (Å²) in [6.45, 7) is 1.72. The molecule has 2 aliphatic heterocycles. The SMILES string of the molecule is C[C@H](C(=O)Nc1ccc2c(c1)OCO2)N1C(=O)[C@@H]2CC=CC[C@H]2C1=O. The molecule has 1 fully saturated rings. The van der Waals surface area contributed by atoms with Crippen molar-refractivity contribution in [2.24, 2.45) is 11.8 Å². The Hall–Kier alpha value is -2.83. The lowest BCUT2D eigenvalue weighted by molar-refractivity contribution is -0.146. The number of rotatable bonds is 3. The van der Waals surface area contributed by atoms with Crippen LogP contribution in [0.3, 0.4) is 0 Å². The van der Waals surface area contributed by atoms with Crippen molar-refractivity contribution in [3.05, 3.63) is 30.4 Å². The van der Waals surface area contributed by atoms with Crippen molar-refractivity contribution in [1.82, 2.24) is 4.90 Å². The monoisotopic (exact) mass is 342 g/mol. The van der Waals surface area contributed by atoms with E-state index in [1.54, 1.807) is 25.1 Å². The summed E-state index contributed by atoms with van der Waals surface area (Å²) < 4.78 is 10.5. The van der Waals surface area contributed by atoms with E-state index in [-0.39, 0.29) is 30.4 Å². The third-order valence-electron chi connectivity index (χ3n) is 4.95. The second kappa shape index (κ2) is 5.91. The number of likely N-dealkylation sites (tertiary alicyclic amines) is 1. The summed E-state index contributed by atoms with van der Waals surface area (Å²) in [6, 6.07) is 4.19. The van der Waals surface area contributed by atoms with Crippen LogP contribution in [0.4, 0.5) is 5.69 Å². The van der Waals surface area contributed by atoms with Crippen LogP contribution in [0.1, 0.15) is 19.8 Å². The smallest absolute Gasteiger partial charge is 0.247 e. The number of imide groups is 1. The fraction of sp³-hybridized carbons (Fsp3) is 0.389. The molecule has 130 valence electrons. The van der Waals surface area contributed by atoms with Crippen molar-refractivity contribution < 1.29 is 23.9 Å². The topological polar surface area (TPSA) is 84.9 Å². The first-order valence-corrected chi connectivity index (χ1v) is 8.28. The number of amides is 3. The van der Waals surface area contributed by atoms with Crippen molar-refractivity contribution in [1.29, 1.82) is 0 Å². The summed E-state index contributed by atoms with van der Waals surface area (Å²) in [7, 11) is 0. The largest absolute Gasteiger partial charge is 0.454 e. The number of nitrogens with zero attached hydrogens (tertiary/aromatic N) is 1. The number of carbonyl (C=O) groups is 3. The van der Waals surface area contributed by atoms with E-state index in [9.17, 15) is 14.4 Å². The standard InChI is InChI=1S/C18H18N2O5/c1-10(20-17(22)12-4-2-3-5-13(12)18(20)23)16(21)19-11-6-7-14-15(8-11)25-9-24-14/h2-3,6-8,10,12-13H,4-5,9H2,1H3,(H,19,21)/t10-,12-,13-/m1/s1. The van der Waals surface area contributed by atoms with Gasteiger partial charge in [-0.05, 0) is 31.9 Å². The molecule has 2 heterocycles. The molecule has 0 unspecified atom stereocenters. The van der Waals surface area contributed by atoms with Gasteiger partial charge in [0.1, 0.15) is 6.04 Å². The number of nitrogens with one attached hydrogen (secondary N) is 1. The van der Waals surface area contributed by atoms with Gasteiger partial charge in [0.2, 0.25) is 24.5 Å². The molecule has 1 aromatic rings. The minimum Gasteiger partial charge on any atom is -0.454 e. The maximum atomic E-state index is 12.6. The van der Waals surface area contributed by atoms with Gasteiger partial charge in [-0.3, -0.25) is 19.3 Å². The molecule has 25 heavy (non-hydrogen) atoms. The Balaban J connectivity index is 1.49. The van der Waals surface area contributed by atoms with Crippen LogP contribution in [0, 0.1) is 11.8 Å². The predicted octanol–water partition coefficient (Wildman–Crippen LogP) is 1.69.